The van der Waals surface area contributed by atoms with Gasteiger partial charge in [-0.1, -0.05) is 30.3 Å². The third kappa shape index (κ3) is 5.74. The van der Waals surface area contributed by atoms with Gasteiger partial charge >= 0.3 is 11.9 Å². The molecule has 176 valence electrons. The SMILES string of the molecule is COC(=O)[C@H](Cc1ccccc1)NC(=O)COC(=O)c1ccc(-c2ccc3c(c2)OCCO3)s1. The summed E-state index contributed by atoms with van der Waals surface area (Å²) in [5, 5.41) is 2.57. The molecule has 2 heterocycles. The molecule has 1 aliphatic rings. The van der Waals surface area contributed by atoms with Gasteiger partial charge in [-0.25, -0.2) is 9.59 Å². The predicted molar refractivity (Wildman–Crippen MR) is 125 cm³/mol. The number of thiophene rings is 1. The molecule has 3 aromatic rings. The van der Waals surface area contributed by atoms with Crippen LogP contribution in [0.4, 0.5) is 0 Å². The van der Waals surface area contributed by atoms with Crippen LogP contribution in [0.1, 0.15) is 15.2 Å². The summed E-state index contributed by atoms with van der Waals surface area (Å²) in [7, 11) is 1.25. The molecule has 1 aromatic heterocycles. The number of fused-ring (bicyclic) bond motifs is 1. The van der Waals surface area contributed by atoms with Gasteiger partial charge in [-0.05, 0) is 41.5 Å². The number of amides is 1. The van der Waals surface area contributed by atoms with Crippen LogP contribution in [0, 0.1) is 0 Å². The zero-order chi connectivity index (χ0) is 23.9. The first-order chi connectivity index (χ1) is 16.5. The van der Waals surface area contributed by atoms with Crippen LogP contribution in [0.5, 0.6) is 11.5 Å². The summed E-state index contributed by atoms with van der Waals surface area (Å²) in [6.07, 6.45) is 0.261. The Balaban J connectivity index is 1.33. The van der Waals surface area contributed by atoms with Gasteiger partial charge < -0.3 is 24.3 Å². The fraction of sp³-hybridized carbons (Fsp3) is 0.240. The highest BCUT2D eigenvalue weighted by atomic mass is 32.1. The van der Waals surface area contributed by atoms with E-state index < -0.39 is 30.5 Å². The van der Waals surface area contributed by atoms with E-state index in [-0.39, 0.29) is 6.42 Å². The van der Waals surface area contributed by atoms with E-state index in [4.69, 9.17) is 18.9 Å². The lowest BCUT2D eigenvalue weighted by atomic mass is 10.1. The molecule has 34 heavy (non-hydrogen) atoms. The van der Waals surface area contributed by atoms with Crippen molar-refractivity contribution in [1.82, 2.24) is 5.32 Å². The molecule has 0 saturated carbocycles. The summed E-state index contributed by atoms with van der Waals surface area (Å²) in [6, 6.07) is 17.4. The molecule has 1 amide bonds. The Bertz CT molecular complexity index is 1180. The highest BCUT2D eigenvalue weighted by Crippen LogP contribution is 2.37. The lowest BCUT2D eigenvalue weighted by Gasteiger charge is -2.18. The van der Waals surface area contributed by atoms with Crippen LogP contribution < -0.4 is 14.8 Å². The number of carbonyl (C=O) groups is 3. The Morgan fingerprint density at radius 2 is 1.76 bits per heavy atom. The fourth-order valence-corrected chi connectivity index (χ4v) is 4.32. The summed E-state index contributed by atoms with van der Waals surface area (Å²) >= 11 is 1.24. The van der Waals surface area contributed by atoms with Crippen molar-refractivity contribution in [3.8, 4) is 21.9 Å². The first kappa shape index (κ1) is 23.3. The minimum absolute atomic E-state index is 0.261. The minimum Gasteiger partial charge on any atom is -0.486 e. The minimum atomic E-state index is -0.887. The topological polar surface area (TPSA) is 100 Å². The number of nitrogens with one attached hydrogen (secondary N) is 1. The van der Waals surface area contributed by atoms with E-state index in [1.807, 2.05) is 48.5 Å². The van der Waals surface area contributed by atoms with E-state index in [0.717, 1.165) is 16.0 Å². The summed E-state index contributed by atoms with van der Waals surface area (Å²) in [5.41, 5.74) is 1.74. The van der Waals surface area contributed by atoms with E-state index in [1.54, 1.807) is 12.1 Å². The van der Waals surface area contributed by atoms with E-state index >= 15 is 0 Å². The summed E-state index contributed by atoms with van der Waals surface area (Å²) in [6.45, 7) is 0.489. The molecule has 1 atom stereocenters. The number of ether oxygens (including phenoxy) is 4. The Kier molecular flexibility index (Phi) is 7.44. The highest BCUT2D eigenvalue weighted by Gasteiger charge is 2.23. The number of benzene rings is 2. The molecular formula is C25H23NO7S. The maximum absolute atomic E-state index is 12.5. The second kappa shape index (κ2) is 10.8. The average molecular weight is 482 g/mol. The van der Waals surface area contributed by atoms with Gasteiger partial charge in [-0.3, -0.25) is 4.79 Å². The van der Waals surface area contributed by atoms with Gasteiger partial charge in [-0.15, -0.1) is 11.3 Å². The standard InChI is InChI=1S/C25H23NO7S/c1-30-24(28)18(13-16-5-3-2-4-6-16)26-23(27)15-33-25(29)22-10-9-21(34-22)17-7-8-19-20(14-17)32-12-11-31-19/h2-10,14,18H,11-13,15H2,1H3,(H,26,27)/t18-/m0/s1. The molecule has 1 N–H and O–H groups in total. The van der Waals surface area contributed by atoms with Crippen LogP contribution >= 0.6 is 11.3 Å². The Morgan fingerprint density at radius 1 is 1.00 bits per heavy atom. The van der Waals surface area contributed by atoms with Crippen molar-refractivity contribution in [1.29, 1.82) is 0 Å². The van der Waals surface area contributed by atoms with E-state index in [0.29, 0.717) is 29.6 Å². The Hall–Kier alpha value is -3.85. The zero-order valence-electron chi connectivity index (χ0n) is 18.4. The van der Waals surface area contributed by atoms with Gasteiger partial charge in [0, 0.05) is 11.3 Å². The van der Waals surface area contributed by atoms with Gasteiger partial charge in [0.05, 0.1) is 7.11 Å². The molecule has 1 aliphatic heterocycles. The highest BCUT2D eigenvalue weighted by molar-refractivity contribution is 7.17. The van der Waals surface area contributed by atoms with Crippen molar-refractivity contribution >= 4 is 29.2 Å². The Morgan fingerprint density at radius 3 is 2.53 bits per heavy atom. The van der Waals surface area contributed by atoms with Crippen molar-refractivity contribution in [3.05, 3.63) is 71.1 Å². The molecule has 0 radical (unpaired) electrons. The molecule has 9 heteroatoms. The third-order valence-corrected chi connectivity index (χ3v) is 6.19. The fourth-order valence-electron chi connectivity index (χ4n) is 3.42. The summed E-state index contributed by atoms with van der Waals surface area (Å²) < 4.78 is 21.1. The zero-order valence-corrected chi connectivity index (χ0v) is 19.3. The molecule has 0 unspecified atom stereocenters. The van der Waals surface area contributed by atoms with Crippen LogP contribution in [0.15, 0.2) is 60.7 Å². The number of hydrogen-bond donors (Lipinski definition) is 1. The normalized spacial score (nSPS) is 13.0. The lowest BCUT2D eigenvalue weighted by Crippen LogP contribution is -2.44. The van der Waals surface area contributed by atoms with Crippen LogP contribution in [0.25, 0.3) is 10.4 Å². The number of esters is 2. The van der Waals surface area contributed by atoms with Crippen LogP contribution in [0.2, 0.25) is 0 Å². The molecule has 0 spiro atoms. The van der Waals surface area contributed by atoms with Crippen molar-refractivity contribution in [2.45, 2.75) is 12.5 Å². The first-order valence-corrected chi connectivity index (χ1v) is 11.4. The quantitative estimate of drug-likeness (QED) is 0.493. The summed E-state index contributed by atoms with van der Waals surface area (Å²) in [4.78, 5) is 38.1. The van der Waals surface area contributed by atoms with Gasteiger partial charge in [0.25, 0.3) is 5.91 Å². The second-order valence-electron chi connectivity index (χ2n) is 7.43. The number of carbonyl (C=O) groups excluding carboxylic acids is 3. The van der Waals surface area contributed by atoms with Crippen molar-refractivity contribution in [2.24, 2.45) is 0 Å². The maximum atomic E-state index is 12.5. The number of rotatable bonds is 8. The molecule has 0 bridgehead atoms. The third-order valence-electron chi connectivity index (χ3n) is 5.07. The van der Waals surface area contributed by atoms with E-state index in [9.17, 15) is 14.4 Å². The van der Waals surface area contributed by atoms with Crippen molar-refractivity contribution in [2.75, 3.05) is 26.9 Å². The van der Waals surface area contributed by atoms with Crippen LogP contribution in [-0.4, -0.2) is 50.8 Å². The van der Waals surface area contributed by atoms with Gasteiger partial charge in [0.1, 0.15) is 24.1 Å². The molecule has 0 saturated heterocycles. The number of hydrogen-bond acceptors (Lipinski definition) is 8. The number of methoxy groups -OCH3 is 1. The first-order valence-electron chi connectivity index (χ1n) is 10.6. The maximum Gasteiger partial charge on any atom is 0.348 e. The molecule has 4 rings (SSSR count). The van der Waals surface area contributed by atoms with E-state index in [1.165, 1.54) is 18.4 Å². The molecule has 0 fully saturated rings. The summed E-state index contributed by atoms with van der Waals surface area (Å²) in [5.74, 6) is -0.445. The van der Waals surface area contributed by atoms with Crippen LogP contribution in [-0.2, 0) is 25.5 Å². The van der Waals surface area contributed by atoms with E-state index in [2.05, 4.69) is 5.32 Å². The predicted octanol–water partition coefficient (Wildman–Crippen LogP) is 3.24. The van der Waals surface area contributed by atoms with Gasteiger partial charge in [0.15, 0.2) is 18.1 Å². The second-order valence-corrected chi connectivity index (χ2v) is 8.52. The monoisotopic (exact) mass is 481 g/mol. The van der Waals surface area contributed by atoms with Gasteiger partial charge in [0.2, 0.25) is 0 Å². The van der Waals surface area contributed by atoms with Crippen molar-refractivity contribution in [3.63, 3.8) is 0 Å². The Labute approximate surface area is 200 Å². The largest absolute Gasteiger partial charge is 0.486 e. The average Bonchev–Trinajstić information content (AvgIpc) is 3.37. The molecule has 2 aromatic carbocycles. The lowest BCUT2D eigenvalue weighted by molar-refractivity contribution is -0.145. The van der Waals surface area contributed by atoms with Gasteiger partial charge in [-0.2, -0.15) is 0 Å². The molecule has 0 aliphatic carbocycles. The molecule has 8 nitrogen and oxygen atoms in total. The molecular weight excluding hydrogens is 458 g/mol. The van der Waals surface area contributed by atoms with Crippen molar-refractivity contribution < 1.29 is 33.3 Å². The van der Waals surface area contributed by atoms with Crippen LogP contribution in [0.3, 0.4) is 0 Å². The smallest absolute Gasteiger partial charge is 0.348 e.